The Balaban J connectivity index is 1.49. The fourth-order valence-electron chi connectivity index (χ4n) is 3.17. The molecule has 1 saturated heterocycles. The van der Waals surface area contributed by atoms with Gasteiger partial charge in [0.2, 0.25) is 0 Å². The van der Waals surface area contributed by atoms with Crippen molar-refractivity contribution in [2.45, 2.75) is 6.61 Å². The molecule has 4 rings (SSSR count). The molecule has 0 aromatic heterocycles. The fourth-order valence-corrected chi connectivity index (χ4v) is 4.84. The SMILES string of the molecule is O=[N+]([O-])c1ccc(N2C/C(=C/c3ccc(OCc4ccccc4)cc3)S(=O)(=O)N2S)cc1. The maximum Gasteiger partial charge on any atom is 0.269 e. The Labute approximate surface area is 191 Å². The van der Waals surface area contributed by atoms with Crippen LogP contribution in [0.4, 0.5) is 11.4 Å². The molecule has 3 aromatic rings. The van der Waals surface area contributed by atoms with Crippen LogP contribution in [-0.4, -0.2) is 23.7 Å². The van der Waals surface area contributed by atoms with Crippen LogP contribution >= 0.6 is 12.8 Å². The number of sulfonamides is 1. The number of non-ortho nitro benzene ring substituents is 1. The normalized spacial score (nSPS) is 16.9. The van der Waals surface area contributed by atoms with E-state index in [1.54, 1.807) is 30.3 Å². The molecular weight excluding hydrogens is 450 g/mol. The first-order chi connectivity index (χ1) is 15.3. The second kappa shape index (κ2) is 9.03. The Kier molecular flexibility index (Phi) is 6.17. The average Bonchev–Trinajstić information content (AvgIpc) is 3.03. The van der Waals surface area contributed by atoms with Crippen molar-refractivity contribution < 1.29 is 18.1 Å². The first-order valence-electron chi connectivity index (χ1n) is 9.58. The Bertz CT molecular complexity index is 1240. The lowest BCUT2D eigenvalue weighted by molar-refractivity contribution is -0.384. The summed E-state index contributed by atoms with van der Waals surface area (Å²) in [6.07, 6.45) is 1.57. The van der Waals surface area contributed by atoms with Crippen molar-refractivity contribution in [2.75, 3.05) is 11.6 Å². The number of thiol groups is 1. The van der Waals surface area contributed by atoms with Gasteiger partial charge in [0, 0.05) is 12.1 Å². The lowest BCUT2D eigenvalue weighted by Crippen LogP contribution is -2.31. The van der Waals surface area contributed by atoms with Gasteiger partial charge in [-0.3, -0.25) is 15.1 Å². The van der Waals surface area contributed by atoms with Crippen LogP contribution in [0.5, 0.6) is 5.75 Å². The molecule has 0 atom stereocenters. The monoisotopic (exact) mass is 469 g/mol. The van der Waals surface area contributed by atoms with Crippen molar-refractivity contribution >= 4 is 40.3 Å². The summed E-state index contributed by atoms with van der Waals surface area (Å²) in [6, 6.07) is 22.5. The van der Waals surface area contributed by atoms with Crippen LogP contribution in [0.15, 0.2) is 83.8 Å². The predicted octanol–water partition coefficient (Wildman–Crippen LogP) is 4.43. The molecule has 8 nitrogen and oxygen atoms in total. The van der Waals surface area contributed by atoms with Crippen molar-refractivity contribution in [1.82, 2.24) is 3.82 Å². The standard InChI is InChI=1S/C22H19N3O5S2/c26-24(27)20-10-8-19(9-11-20)23-15-22(32(28,29)25(23)31)14-17-6-12-21(13-7-17)30-16-18-4-2-1-3-5-18/h1-14,31H,15-16H2/b22-14-. The van der Waals surface area contributed by atoms with E-state index in [0.717, 1.165) is 9.38 Å². The number of hydrogen-bond acceptors (Lipinski definition) is 7. The zero-order valence-corrected chi connectivity index (χ0v) is 18.4. The van der Waals surface area contributed by atoms with E-state index in [-0.39, 0.29) is 17.1 Å². The molecule has 0 amide bonds. The summed E-state index contributed by atoms with van der Waals surface area (Å²) < 4.78 is 32.2. The second-order valence-electron chi connectivity index (χ2n) is 7.01. The maximum atomic E-state index is 12.8. The lowest BCUT2D eigenvalue weighted by atomic mass is 10.2. The van der Waals surface area contributed by atoms with Gasteiger partial charge in [0.05, 0.1) is 22.1 Å². The number of hydrazine groups is 1. The minimum Gasteiger partial charge on any atom is -0.489 e. The predicted molar refractivity (Wildman–Crippen MR) is 125 cm³/mol. The molecular formula is C22H19N3O5S2. The number of ether oxygens (including phenoxy) is 1. The highest BCUT2D eigenvalue weighted by Crippen LogP contribution is 2.34. The van der Waals surface area contributed by atoms with Crippen LogP contribution in [0.25, 0.3) is 6.08 Å². The zero-order valence-electron chi connectivity index (χ0n) is 16.7. The zero-order chi connectivity index (χ0) is 22.7. The van der Waals surface area contributed by atoms with Crippen LogP contribution < -0.4 is 9.75 Å². The van der Waals surface area contributed by atoms with Crippen LogP contribution in [0.1, 0.15) is 11.1 Å². The van der Waals surface area contributed by atoms with E-state index >= 15 is 0 Å². The summed E-state index contributed by atoms with van der Waals surface area (Å²) >= 11 is 4.13. The lowest BCUT2D eigenvalue weighted by Gasteiger charge is -2.21. The molecule has 32 heavy (non-hydrogen) atoms. The number of nitrogens with zero attached hydrogens (tertiary/aromatic N) is 3. The molecule has 0 radical (unpaired) electrons. The molecule has 164 valence electrons. The third kappa shape index (κ3) is 4.62. The molecule has 1 aliphatic rings. The van der Waals surface area contributed by atoms with Crippen molar-refractivity contribution in [2.24, 2.45) is 0 Å². The maximum absolute atomic E-state index is 12.8. The molecule has 0 spiro atoms. The largest absolute Gasteiger partial charge is 0.489 e. The van der Waals surface area contributed by atoms with E-state index in [1.165, 1.54) is 29.3 Å². The van der Waals surface area contributed by atoms with Crippen molar-refractivity contribution in [3.05, 3.63) is 105 Å². The topological polar surface area (TPSA) is 93.0 Å². The highest BCUT2D eigenvalue weighted by Gasteiger charge is 2.39. The number of benzene rings is 3. The van der Waals surface area contributed by atoms with Crippen molar-refractivity contribution in [1.29, 1.82) is 0 Å². The van der Waals surface area contributed by atoms with Gasteiger partial charge < -0.3 is 4.74 Å². The van der Waals surface area contributed by atoms with E-state index in [2.05, 4.69) is 12.8 Å². The molecule has 0 saturated carbocycles. The molecule has 10 heteroatoms. The van der Waals surface area contributed by atoms with Gasteiger partial charge in [0.1, 0.15) is 12.4 Å². The third-order valence-corrected chi connectivity index (χ3v) is 7.27. The highest BCUT2D eigenvalue weighted by atomic mass is 32.3. The van der Waals surface area contributed by atoms with Crippen molar-refractivity contribution in [3.63, 3.8) is 0 Å². The van der Waals surface area contributed by atoms with E-state index in [1.807, 2.05) is 30.3 Å². The van der Waals surface area contributed by atoms with Crippen LogP contribution in [-0.2, 0) is 16.6 Å². The molecule has 0 unspecified atom stereocenters. The third-order valence-electron chi connectivity index (χ3n) is 4.87. The first kappa shape index (κ1) is 21.9. The Morgan fingerprint density at radius 2 is 1.66 bits per heavy atom. The number of hydrogen-bond donors (Lipinski definition) is 1. The van der Waals surface area contributed by atoms with Gasteiger partial charge >= 0.3 is 0 Å². The molecule has 1 heterocycles. The summed E-state index contributed by atoms with van der Waals surface area (Å²) in [5.74, 6) is 0.675. The number of rotatable bonds is 6. The van der Waals surface area contributed by atoms with Gasteiger partial charge in [0.15, 0.2) is 0 Å². The van der Waals surface area contributed by atoms with Gasteiger partial charge in [0.25, 0.3) is 15.7 Å². The first-order valence-corrected chi connectivity index (χ1v) is 11.4. The van der Waals surface area contributed by atoms with Crippen LogP contribution in [0.3, 0.4) is 0 Å². The molecule has 0 N–H and O–H groups in total. The van der Waals surface area contributed by atoms with Gasteiger partial charge in [-0.25, -0.2) is 8.42 Å². The second-order valence-corrected chi connectivity index (χ2v) is 9.48. The average molecular weight is 470 g/mol. The van der Waals surface area contributed by atoms with Crippen LogP contribution in [0.2, 0.25) is 0 Å². The summed E-state index contributed by atoms with van der Waals surface area (Å²) in [7, 11) is -3.82. The fraction of sp³-hybridized carbons (Fsp3) is 0.0909. The quantitative estimate of drug-likeness (QED) is 0.326. The number of anilines is 1. The van der Waals surface area contributed by atoms with Gasteiger partial charge in [-0.15, -0.1) is 0 Å². The summed E-state index contributed by atoms with van der Waals surface area (Å²) in [5.41, 5.74) is 2.15. The van der Waals surface area contributed by atoms with E-state index in [0.29, 0.717) is 23.6 Å². The molecule has 3 aromatic carbocycles. The minimum atomic E-state index is -3.82. The summed E-state index contributed by atoms with van der Waals surface area (Å²) in [5, 5.41) is 12.3. The minimum absolute atomic E-state index is 0.0515. The Hall–Kier alpha value is -3.34. The molecule has 0 aliphatic carbocycles. The van der Waals surface area contributed by atoms with Gasteiger partial charge in [-0.2, -0.15) is 0 Å². The van der Waals surface area contributed by atoms with Crippen LogP contribution in [0, 0.1) is 10.1 Å². The van der Waals surface area contributed by atoms with E-state index in [9.17, 15) is 18.5 Å². The Morgan fingerprint density at radius 1 is 1.00 bits per heavy atom. The smallest absolute Gasteiger partial charge is 0.269 e. The van der Waals surface area contributed by atoms with E-state index in [4.69, 9.17) is 4.74 Å². The summed E-state index contributed by atoms with van der Waals surface area (Å²) in [4.78, 5) is 10.5. The van der Waals surface area contributed by atoms with Gasteiger partial charge in [-0.1, -0.05) is 59.1 Å². The highest BCUT2D eigenvalue weighted by molar-refractivity contribution is 8.02. The molecule has 1 fully saturated rings. The number of nitro groups is 1. The Morgan fingerprint density at radius 3 is 2.28 bits per heavy atom. The van der Waals surface area contributed by atoms with E-state index < -0.39 is 14.9 Å². The number of nitro benzene ring substituents is 1. The van der Waals surface area contributed by atoms with Gasteiger partial charge in [-0.05, 0) is 41.5 Å². The summed E-state index contributed by atoms with van der Waals surface area (Å²) in [6.45, 7) is 0.490. The van der Waals surface area contributed by atoms with Crippen molar-refractivity contribution in [3.8, 4) is 5.75 Å². The molecule has 0 bridgehead atoms. The molecule has 1 aliphatic heterocycles.